The molecule has 0 bridgehead atoms. The molecule has 0 fully saturated rings. The van der Waals surface area contributed by atoms with Crippen LogP contribution in [0.15, 0.2) is 78.9 Å². The Bertz CT molecular complexity index is 1100. The fourth-order valence-corrected chi connectivity index (χ4v) is 3.19. The Labute approximate surface area is 193 Å². The van der Waals surface area contributed by atoms with E-state index >= 15 is 0 Å². The number of para-hydroxylation sites is 1. The molecule has 3 rings (SSSR count). The van der Waals surface area contributed by atoms with Crippen LogP contribution in [0.5, 0.6) is 5.75 Å². The van der Waals surface area contributed by atoms with Gasteiger partial charge in [-0.25, -0.2) is 0 Å². The van der Waals surface area contributed by atoms with E-state index in [1.54, 1.807) is 60.5 Å². The normalized spacial score (nSPS) is 10.4. The van der Waals surface area contributed by atoms with Gasteiger partial charge in [0, 0.05) is 29.5 Å². The Morgan fingerprint density at radius 3 is 2.25 bits per heavy atom. The predicted octanol–water partition coefficient (Wildman–Crippen LogP) is 4.88. The fraction of sp³-hybridized carbons (Fsp3) is 0.160. The molecular formula is C25H25N3O3S. The first-order chi connectivity index (χ1) is 15.3. The van der Waals surface area contributed by atoms with Crippen LogP contribution in [0.25, 0.3) is 0 Å². The summed E-state index contributed by atoms with van der Waals surface area (Å²) < 4.78 is 5.62. The van der Waals surface area contributed by atoms with Crippen molar-refractivity contribution in [2.24, 2.45) is 0 Å². The van der Waals surface area contributed by atoms with Crippen molar-refractivity contribution in [1.29, 1.82) is 0 Å². The zero-order valence-corrected chi connectivity index (χ0v) is 19.0. The molecule has 0 aromatic heterocycles. The summed E-state index contributed by atoms with van der Waals surface area (Å²) >= 11 is 5.26. The van der Waals surface area contributed by atoms with Gasteiger partial charge in [-0.2, -0.15) is 0 Å². The number of rotatable bonds is 6. The Kier molecular flexibility index (Phi) is 7.57. The number of hydrogen-bond acceptors (Lipinski definition) is 4. The molecule has 6 nitrogen and oxygen atoms in total. The first-order valence-corrected chi connectivity index (χ1v) is 10.6. The number of thiocarbonyl (C=S) groups is 1. The molecule has 3 aromatic rings. The van der Waals surface area contributed by atoms with Crippen molar-refractivity contribution in [2.75, 3.05) is 17.3 Å². The maximum atomic E-state index is 12.7. The van der Waals surface area contributed by atoms with E-state index < -0.39 is 0 Å². The number of ether oxygens (including phenoxy) is 1. The van der Waals surface area contributed by atoms with Gasteiger partial charge < -0.3 is 15.0 Å². The predicted molar refractivity (Wildman–Crippen MR) is 132 cm³/mol. The van der Waals surface area contributed by atoms with E-state index in [1.165, 1.54) is 0 Å². The van der Waals surface area contributed by atoms with Gasteiger partial charge in [0.05, 0.1) is 6.10 Å². The van der Waals surface area contributed by atoms with Crippen LogP contribution in [0.1, 0.15) is 34.6 Å². The van der Waals surface area contributed by atoms with Crippen LogP contribution in [0, 0.1) is 0 Å². The zero-order chi connectivity index (χ0) is 23.1. The second-order valence-electron chi connectivity index (χ2n) is 7.38. The van der Waals surface area contributed by atoms with Crippen molar-refractivity contribution >= 4 is 40.5 Å². The van der Waals surface area contributed by atoms with Crippen molar-refractivity contribution < 1.29 is 14.3 Å². The molecule has 0 saturated carbocycles. The Morgan fingerprint density at radius 1 is 0.906 bits per heavy atom. The lowest BCUT2D eigenvalue weighted by Gasteiger charge is -2.17. The van der Waals surface area contributed by atoms with E-state index in [-0.39, 0.29) is 23.0 Å². The number of nitrogens with one attached hydrogen (secondary N) is 2. The van der Waals surface area contributed by atoms with Gasteiger partial charge in [-0.15, -0.1) is 0 Å². The molecule has 0 radical (unpaired) electrons. The van der Waals surface area contributed by atoms with Gasteiger partial charge in [0.2, 0.25) is 0 Å². The van der Waals surface area contributed by atoms with Gasteiger partial charge in [0.15, 0.2) is 5.11 Å². The smallest absolute Gasteiger partial charge is 0.258 e. The molecule has 2 N–H and O–H groups in total. The van der Waals surface area contributed by atoms with Crippen LogP contribution in [0.4, 0.5) is 11.4 Å². The summed E-state index contributed by atoms with van der Waals surface area (Å²) in [6, 6.07) is 23.2. The molecule has 2 amide bonds. The molecule has 0 unspecified atom stereocenters. The molecule has 0 aliphatic rings. The maximum Gasteiger partial charge on any atom is 0.258 e. The first-order valence-electron chi connectivity index (χ1n) is 10.2. The zero-order valence-electron chi connectivity index (χ0n) is 18.2. The van der Waals surface area contributed by atoms with Gasteiger partial charge in [-0.3, -0.25) is 14.9 Å². The number of hydrogen-bond donors (Lipinski definition) is 2. The number of anilines is 2. The SMILES string of the molecule is CC(C)Oc1cccc(C(=O)NC(=S)Nc2ccc(C(=O)N(C)c3ccccc3)cc2)c1. The highest BCUT2D eigenvalue weighted by Gasteiger charge is 2.14. The lowest BCUT2D eigenvalue weighted by Crippen LogP contribution is -2.34. The minimum atomic E-state index is -0.340. The molecular weight excluding hydrogens is 422 g/mol. The van der Waals surface area contributed by atoms with Crippen molar-refractivity contribution in [1.82, 2.24) is 5.32 Å². The quantitative estimate of drug-likeness (QED) is 0.527. The van der Waals surface area contributed by atoms with Gasteiger partial charge in [-0.1, -0.05) is 24.3 Å². The summed E-state index contributed by atoms with van der Waals surface area (Å²) in [5.74, 6) is 0.155. The molecule has 0 heterocycles. The van der Waals surface area contributed by atoms with E-state index in [0.29, 0.717) is 22.6 Å². The van der Waals surface area contributed by atoms with Crippen molar-refractivity contribution in [3.05, 3.63) is 90.0 Å². The molecule has 0 aliphatic heterocycles. The Balaban J connectivity index is 1.59. The van der Waals surface area contributed by atoms with Gasteiger partial charge >= 0.3 is 0 Å². The average molecular weight is 448 g/mol. The van der Waals surface area contributed by atoms with E-state index in [4.69, 9.17) is 17.0 Å². The molecule has 164 valence electrons. The number of carbonyl (C=O) groups is 2. The molecule has 0 atom stereocenters. The second-order valence-corrected chi connectivity index (χ2v) is 7.79. The van der Waals surface area contributed by atoms with E-state index in [9.17, 15) is 9.59 Å². The monoisotopic (exact) mass is 447 g/mol. The maximum absolute atomic E-state index is 12.7. The highest BCUT2D eigenvalue weighted by atomic mass is 32.1. The van der Waals surface area contributed by atoms with Crippen molar-refractivity contribution in [3.63, 3.8) is 0 Å². The average Bonchev–Trinajstić information content (AvgIpc) is 2.79. The summed E-state index contributed by atoms with van der Waals surface area (Å²) in [6.07, 6.45) is 0.0124. The Morgan fingerprint density at radius 2 is 1.59 bits per heavy atom. The Hall–Kier alpha value is -3.71. The lowest BCUT2D eigenvalue weighted by atomic mass is 10.1. The highest BCUT2D eigenvalue weighted by molar-refractivity contribution is 7.80. The van der Waals surface area contributed by atoms with Crippen LogP contribution >= 0.6 is 12.2 Å². The van der Waals surface area contributed by atoms with Gasteiger partial charge in [-0.05, 0) is 80.7 Å². The molecule has 0 spiro atoms. The summed E-state index contributed by atoms with van der Waals surface area (Å²) in [6.45, 7) is 3.84. The fourth-order valence-electron chi connectivity index (χ4n) is 2.98. The molecule has 32 heavy (non-hydrogen) atoms. The minimum Gasteiger partial charge on any atom is -0.491 e. The van der Waals surface area contributed by atoms with Crippen LogP contribution < -0.4 is 20.3 Å². The molecule has 0 aliphatic carbocycles. The summed E-state index contributed by atoms with van der Waals surface area (Å²) in [5.41, 5.74) is 2.45. The van der Waals surface area contributed by atoms with E-state index in [0.717, 1.165) is 5.69 Å². The number of amides is 2. The highest BCUT2D eigenvalue weighted by Crippen LogP contribution is 2.17. The lowest BCUT2D eigenvalue weighted by molar-refractivity contribution is 0.0974. The molecule has 7 heteroatoms. The molecule has 0 saturated heterocycles. The number of carbonyl (C=O) groups excluding carboxylic acids is 2. The van der Waals surface area contributed by atoms with Crippen LogP contribution in [-0.4, -0.2) is 30.1 Å². The van der Waals surface area contributed by atoms with E-state index in [1.807, 2.05) is 44.2 Å². The van der Waals surface area contributed by atoms with Crippen LogP contribution in [0.2, 0.25) is 0 Å². The van der Waals surface area contributed by atoms with Gasteiger partial charge in [0.25, 0.3) is 11.8 Å². The third-order valence-corrected chi connectivity index (χ3v) is 4.74. The van der Waals surface area contributed by atoms with Crippen LogP contribution in [-0.2, 0) is 0 Å². The summed E-state index contributed by atoms with van der Waals surface area (Å²) in [5, 5.41) is 5.77. The largest absolute Gasteiger partial charge is 0.491 e. The van der Waals surface area contributed by atoms with E-state index in [2.05, 4.69) is 10.6 Å². The number of benzene rings is 3. The number of nitrogens with zero attached hydrogens (tertiary/aromatic N) is 1. The first kappa shape index (κ1) is 23.0. The summed E-state index contributed by atoms with van der Waals surface area (Å²) in [4.78, 5) is 26.8. The van der Waals surface area contributed by atoms with Crippen LogP contribution in [0.3, 0.4) is 0 Å². The topological polar surface area (TPSA) is 70.7 Å². The third kappa shape index (κ3) is 6.15. The van der Waals surface area contributed by atoms with Gasteiger partial charge in [0.1, 0.15) is 5.75 Å². The summed E-state index contributed by atoms with van der Waals surface area (Å²) in [7, 11) is 1.73. The van der Waals surface area contributed by atoms with Crippen molar-refractivity contribution in [3.8, 4) is 5.75 Å². The standard InChI is InChI=1S/C25H25N3O3S/c1-17(2)31-22-11-7-8-19(16-22)23(29)27-25(32)26-20-14-12-18(13-15-20)24(30)28(3)21-9-5-4-6-10-21/h4-17H,1-3H3,(H2,26,27,29,32). The van der Waals surface area contributed by atoms with Crippen molar-refractivity contribution in [2.45, 2.75) is 20.0 Å². The second kappa shape index (κ2) is 10.5. The molecule has 3 aromatic carbocycles. The third-order valence-electron chi connectivity index (χ3n) is 4.53. The minimum absolute atomic E-state index is 0.0124.